The van der Waals surface area contributed by atoms with Gasteiger partial charge in [0.05, 0.1) is 26.9 Å². The Morgan fingerprint density at radius 2 is 1.84 bits per heavy atom. The lowest BCUT2D eigenvalue weighted by Gasteiger charge is -2.17. The van der Waals surface area contributed by atoms with Crippen molar-refractivity contribution in [1.29, 1.82) is 0 Å². The molecule has 0 saturated carbocycles. The molecular weight excluding hydrogens is 318 g/mol. The Hall–Kier alpha value is -2.24. The Balaban J connectivity index is 1.80. The Bertz CT molecular complexity index is 660. The third kappa shape index (κ3) is 5.96. The van der Waals surface area contributed by atoms with Crippen LogP contribution in [0.2, 0.25) is 0 Å². The lowest BCUT2D eigenvalue weighted by Crippen LogP contribution is -2.38. The summed E-state index contributed by atoms with van der Waals surface area (Å²) < 4.78 is 16.3. The summed E-state index contributed by atoms with van der Waals surface area (Å²) in [6.07, 6.45) is 0.821. The van der Waals surface area contributed by atoms with Crippen LogP contribution in [-0.2, 0) is 6.42 Å². The number of aliphatic hydroxyl groups excluding tert-OH is 1. The number of methoxy groups -OCH3 is 2. The number of ether oxygens (including phenoxy) is 3. The maximum atomic E-state index is 9.53. The minimum atomic E-state index is -0.111. The molecule has 0 aliphatic rings. The monoisotopic (exact) mass is 345 g/mol. The second-order valence-corrected chi connectivity index (χ2v) is 5.90. The molecule has 2 aromatic rings. The fraction of sp³-hybridized carbons (Fsp3) is 0.400. The summed E-state index contributed by atoms with van der Waals surface area (Å²) in [6.45, 7) is 3.21. The molecule has 0 bridgehead atoms. The van der Waals surface area contributed by atoms with Crippen LogP contribution < -0.4 is 19.5 Å². The maximum absolute atomic E-state index is 9.53. The highest BCUT2D eigenvalue weighted by Crippen LogP contribution is 2.27. The van der Waals surface area contributed by atoms with Crippen LogP contribution in [0.25, 0.3) is 0 Å². The van der Waals surface area contributed by atoms with Crippen molar-refractivity contribution in [3.63, 3.8) is 0 Å². The van der Waals surface area contributed by atoms with Crippen LogP contribution >= 0.6 is 0 Å². The summed E-state index contributed by atoms with van der Waals surface area (Å²) in [6, 6.07) is 13.7. The van der Waals surface area contributed by atoms with E-state index in [4.69, 9.17) is 14.2 Å². The molecule has 25 heavy (non-hydrogen) atoms. The van der Waals surface area contributed by atoms with Crippen LogP contribution in [0.5, 0.6) is 17.2 Å². The van der Waals surface area contributed by atoms with Crippen molar-refractivity contribution in [2.45, 2.75) is 19.4 Å². The number of hydrogen-bond acceptors (Lipinski definition) is 5. The highest BCUT2D eigenvalue weighted by Gasteiger charge is 2.09. The number of benzene rings is 2. The average molecular weight is 345 g/mol. The second kappa shape index (κ2) is 9.91. The average Bonchev–Trinajstić information content (AvgIpc) is 2.64. The van der Waals surface area contributed by atoms with E-state index in [9.17, 15) is 5.11 Å². The molecule has 0 radical (unpaired) electrons. The second-order valence-electron chi connectivity index (χ2n) is 5.90. The van der Waals surface area contributed by atoms with Crippen LogP contribution in [-0.4, -0.2) is 45.1 Å². The van der Waals surface area contributed by atoms with Gasteiger partial charge in [0.25, 0.3) is 0 Å². The molecule has 0 heterocycles. The summed E-state index contributed by atoms with van der Waals surface area (Å²) in [5, 5.41) is 12.8. The highest BCUT2D eigenvalue weighted by molar-refractivity contribution is 5.42. The zero-order chi connectivity index (χ0) is 18.1. The molecule has 0 aromatic heterocycles. The van der Waals surface area contributed by atoms with Crippen molar-refractivity contribution < 1.29 is 19.3 Å². The Morgan fingerprint density at radius 1 is 1.04 bits per heavy atom. The van der Waals surface area contributed by atoms with E-state index >= 15 is 0 Å². The molecule has 5 nitrogen and oxygen atoms in total. The van der Waals surface area contributed by atoms with Crippen LogP contribution in [0.1, 0.15) is 11.1 Å². The van der Waals surface area contributed by atoms with Gasteiger partial charge in [-0.2, -0.15) is 0 Å². The van der Waals surface area contributed by atoms with Crippen molar-refractivity contribution >= 4 is 0 Å². The van der Waals surface area contributed by atoms with Crippen molar-refractivity contribution in [1.82, 2.24) is 5.32 Å². The fourth-order valence-electron chi connectivity index (χ4n) is 2.53. The van der Waals surface area contributed by atoms with Crippen molar-refractivity contribution in [2.75, 3.05) is 34.0 Å². The molecule has 136 valence electrons. The van der Waals surface area contributed by atoms with Crippen molar-refractivity contribution in [2.24, 2.45) is 0 Å². The Labute approximate surface area is 149 Å². The molecule has 1 atom stereocenters. The van der Waals surface area contributed by atoms with E-state index in [1.54, 1.807) is 14.2 Å². The molecule has 5 heteroatoms. The van der Waals surface area contributed by atoms with Crippen LogP contribution in [0, 0.1) is 6.92 Å². The molecule has 0 aliphatic carbocycles. The summed E-state index contributed by atoms with van der Waals surface area (Å²) in [5.74, 6) is 2.26. The van der Waals surface area contributed by atoms with E-state index in [1.165, 1.54) is 0 Å². The maximum Gasteiger partial charge on any atom is 0.160 e. The number of aryl methyl sites for hydroxylation is 1. The molecule has 0 fully saturated rings. The fourth-order valence-corrected chi connectivity index (χ4v) is 2.53. The number of rotatable bonds is 10. The first kappa shape index (κ1) is 19.1. The van der Waals surface area contributed by atoms with Gasteiger partial charge in [-0.25, -0.2) is 0 Å². The zero-order valence-corrected chi connectivity index (χ0v) is 15.1. The largest absolute Gasteiger partial charge is 0.493 e. The van der Waals surface area contributed by atoms with E-state index in [0.717, 1.165) is 41.3 Å². The molecule has 0 amide bonds. The topological polar surface area (TPSA) is 60.0 Å². The van der Waals surface area contributed by atoms with Gasteiger partial charge < -0.3 is 24.6 Å². The predicted octanol–water partition coefficient (Wildman–Crippen LogP) is 2.58. The first-order valence-corrected chi connectivity index (χ1v) is 8.41. The quantitative estimate of drug-likeness (QED) is 0.693. The summed E-state index contributed by atoms with van der Waals surface area (Å²) in [5.41, 5.74) is 2.29. The molecule has 0 aliphatic heterocycles. The molecular formula is C20H27NO4. The van der Waals surface area contributed by atoms with Gasteiger partial charge in [-0.1, -0.05) is 18.2 Å². The third-order valence-electron chi connectivity index (χ3n) is 3.96. The molecule has 2 rings (SSSR count). The first-order chi connectivity index (χ1) is 12.2. The van der Waals surface area contributed by atoms with E-state index in [-0.39, 0.29) is 12.6 Å². The van der Waals surface area contributed by atoms with E-state index in [0.29, 0.717) is 6.61 Å². The zero-order valence-electron chi connectivity index (χ0n) is 15.1. The summed E-state index contributed by atoms with van der Waals surface area (Å²) in [7, 11) is 3.25. The minimum absolute atomic E-state index is 0.0255. The number of nitrogens with one attached hydrogen (secondary N) is 1. The van der Waals surface area contributed by atoms with Gasteiger partial charge in [-0.05, 0) is 55.3 Å². The molecule has 1 unspecified atom stereocenters. The van der Waals surface area contributed by atoms with Gasteiger partial charge in [0.15, 0.2) is 11.5 Å². The summed E-state index contributed by atoms with van der Waals surface area (Å²) in [4.78, 5) is 0. The van der Waals surface area contributed by atoms with Gasteiger partial charge in [-0.3, -0.25) is 0 Å². The van der Waals surface area contributed by atoms with Crippen LogP contribution in [0.4, 0.5) is 0 Å². The summed E-state index contributed by atoms with van der Waals surface area (Å²) >= 11 is 0. The third-order valence-corrected chi connectivity index (χ3v) is 3.96. The van der Waals surface area contributed by atoms with Crippen LogP contribution in [0.15, 0.2) is 42.5 Å². The van der Waals surface area contributed by atoms with Gasteiger partial charge in [-0.15, -0.1) is 0 Å². The van der Waals surface area contributed by atoms with E-state index in [2.05, 4.69) is 5.32 Å². The van der Waals surface area contributed by atoms with Gasteiger partial charge >= 0.3 is 0 Å². The highest BCUT2D eigenvalue weighted by atomic mass is 16.5. The molecule has 2 N–H and O–H groups in total. The normalized spacial score (nSPS) is 11.8. The smallest absolute Gasteiger partial charge is 0.160 e. The van der Waals surface area contributed by atoms with E-state index < -0.39 is 0 Å². The van der Waals surface area contributed by atoms with Gasteiger partial charge in [0, 0.05) is 0 Å². The Kier molecular flexibility index (Phi) is 7.57. The molecule has 0 spiro atoms. The molecule has 0 saturated heterocycles. The Morgan fingerprint density at radius 3 is 2.52 bits per heavy atom. The number of aliphatic hydroxyl groups is 1. The van der Waals surface area contributed by atoms with E-state index in [1.807, 2.05) is 49.4 Å². The number of hydrogen-bond donors (Lipinski definition) is 2. The van der Waals surface area contributed by atoms with Crippen molar-refractivity contribution in [3.8, 4) is 17.2 Å². The van der Waals surface area contributed by atoms with Gasteiger partial charge in [0.1, 0.15) is 12.4 Å². The SMILES string of the molecule is COc1ccc(CCNC(CO)COc2cccc(C)c2)cc1OC. The predicted molar refractivity (Wildman–Crippen MR) is 98.8 cm³/mol. The lowest BCUT2D eigenvalue weighted by molar-refractivity contribution is 0.183. The van der Waals surface area contributed by atoms with Crippen molar-refractivity contribution in [3.05, 3.63) is 53.6 Å². The first-order valence-electron chi connectivity index (χ1n) is 8.41. The molecule has 2 aromatic carbocycles. The standard InChI is InChI=1S/C20H27NO4/c1-15-5-4-6-18(11-15)25-14-17(13-22)21-10-9-16-7-8-19(23-2)20(12-16)24-3/h4-8,11-12,17,21-22H,9-10,13-14H2,1-3H3. The minimum Gasteiger partial charge on any atom is -0.493 e. The lowest BCUT2D eigenvalue weighted by atomic mass is 10.1. The van der Waals surface area contributed by atoms with Crippen LogP contribution in [0.3, 0.4) is 0 Å². The van der Waals surface area contributed by atoms with Gasteiger partial charge in [0.2, 0.25) is 0 Å².